The maximum Gasteiger partial charge on any atom is 0.418 e. The third-order valence-electron chi connectivity index (χ3n) is 2.36. The van der Waals surface area contributed by atoms with Gasteiger partial charge in [0.05, 0.1) is 18.4 Å². The number of carbonyl (C=O) groups excluding carboxylic acids is 1. The van der Waals surface area contributed by atoms with Crippen LogP contribution in [0.15, 0.2) is 18.2 Å². The van der Waals surface area contributed by atoms with Gasteiger partial charge in [0.15, 0.2) is 0 Å². The molecule has 0 bridgehead atoms. The van der Waals surface area contributed by atoms with Crippen LogP contribution in [0.3, 0.4) is 0 Å². The maximum atomic E-state index is 12.7. The summed E-state index contributed by atoms with van der Waals surface area (Å²) >= 11 is 0. The maximum absolute atomic E-state index is 12.7. The molecule has 0 aliphatic heterocycles. The fourth-order valence-corrected chi connectivity index (χ4v) is 1.30. The second-order valence-corrected chi connectivity index (χ2v) is 3.79. The molecule has 0 fully saturated rings. The van der Waals surface area contributed by atoms with Gasteiger partial charge in [-0.1, -0.05) is 0 Å². The molecule has 1 rings (SSSR count). The lowest BCUT2D eigenvalue weighted by Crippen LogP contribution is -2.41. The van der Waals surface area contributed by atoms with Crippen LogP contribution < -0.4 is 10.1 Å². The Bertz CT molecular complexity index is 528. The van der Waals surface area contributed by atoms with E-state index in [-0.39, 0.29) is 5.75 Å². The van der Waals surface area contributed by atoms with Crippen molar-refractivity contribution in [3.05, 3.63) is 23.8 Å². The van der Waals surface area contributed by atoms with E-state index in [1.165, 1.54) is 0 Å². The summed E-state index contributed by atoms with van der Waals surface area (Å²) in [5, 5.41) is 1.15. The van der Waals surface area contributed by atoms with E-state index in [0.29, 0.717) is 12.1 Å². The number of anilines is 1. The predicted molar refractivity (Wildman–Crippen MR) is 57.6 cm³/mol. The van der Waals surface area contributed by atoms with Crippen LogP contribution in [-0.2, 0) is 11.0 Å². The van der Waals surface area contributed by atoms with Gasteiger partial charge in [-0.05, 0) is 18.2 Å². The number of ether oxygens (including phenoxy) is 1. The minimum Gasteiger partial charge on any atom is -0.497 e. The number of rotatable bonds is 4. The number of amides is 1. The molecule has 1 N–H and O–H groups in total. The first-order valence-electron chi connectivity index (χ1n) is 5.22. The Morgan fingerprint density at radius 3 is 2.19 bits per heavy atom. The Balaban J connectivity index is 3.17. The van der Waals surface area contributed by atoms with Crippen molar-refractivity contribution in [3.63, 3.8) is 0 Å². The molecule has 3 nitrogen and oxygen atoms in total. The first-order valence-corrected chi connectivity index (χ1v) is 5.22. The number of benzene rings is 1. The van der Waals surface area contributed by atoms with Crippen LogP contribution in [-0.4, -0.2) is 25.4 Å². The van der Waals surface area contributed by atoms with E-state index in [4.69, 9.17) is 0 Å². The molecule has 1 aromatic carbocycles. The van der Waals surface area contributed by atoms with Crippen LogP contribution in [0.4, 0.5) is 36.4 Å². The van der Waals surface area contributed by atoms with Crippen molar-refractivity contribution in [3.8, 4) is 5.75 Å². The summed E-state index contributed by atoms with van der Waals surface area (Å²) in [6.07, 6.45) is -9.35. The van der Waals surface area contributed by atoms with Crippen molar-refractivity contribution < 1.29 is 40.3 Å². The molecule has 1 aromatic rings. The molecule has 118 valence electrons. The fraction of sp³-hybridized carbons (Fsp3) is 0.364. The summed E-state index contributed by atoms with van der Waals surface area (Å²) in [6, 6.07) is 2.02. The van der Waals surface area contributed by atoms with Crippen molar-refractivity contribution >= 4 is 11.6 Å². The second-order valence-electron chi connectivity index (χ2n) is 3.79. The highest BCUT2D eigenvalue weighted by atomic mass is 19.4. The summed E-state index contributed by atoms with van der Waals surface area (Å²) in [6.45, 7) is 0. The Morgan fingerprint density at radius 1 is 1.19 bits per heavy atom. The number of nitrogens with one attached hydrogen (secondary N) is 1. The standard InChI is InChI=1S/C11H8F7NO2/c1-21-5-2-3-7(6(4-5)11(16,17)18)19-9(20)10(14,15)8(12)13/h2-4,8H,1H3,(H,19,20). The topological polar surface area (TPSA) is 38.3 Å². The second kappa shape index (κ2) is 5.78. The highest BCUT2D eigenvalue weighted by molar-refractivity contribution is 5.97. The average Bonchev–Trinajstić information content (AvgIpc) is 2.37. The molecule has 0 aliphatic rings. The molecule has 0 saturated heterocycles. The molecule has 0 saturated carbocycles. The van der Waals surface area contributed by atoms with Crippen LogP contribution in [0.5, 0.6) is 5.75 Å². The zero-order valence-electron chi connectivity index (χ0n) is 10.3. The summed E-state index contributed by atoms with van der Waals surface area (Å²) in [4.78, 5) is 11.0. The molecule has 0 atom stereocenters. The molecular formula is C11H8F7NO2. The summed E-state index contributed by atoms with van der Waals surface area (Å²) < 4.78 is 92.1. The van der Waals surface area contributed by atoms with Gasteiger partial charge in [-0.3, -0.25) is 4.79 Å². The number of halogens is 7. The number of methoxy groups -OCH3 is 1. The molecule has 1 amide bonds. The first-order chi connectivity index (χ1) is 9.50. The normalized spacial score (nSPS) is 12.4. The van der Waals surface area contributed by atoms with Gasteiger partial charge in [0.1, 0.15) is 5.75 Å². The zero-order chi connectivity index (χ0) is 16.4. The van der Waals surface area contributed by atoms with Crippen LogP contribution >= 0.6 is 0 Å². The van der Waals surface area contributed by atoms with E-state index >= 15 is 0 Å². The molecule has 0 heterocycles. The summed E-state index contributed by atoms with van der Waals surface area (Å²) in [5.74, 6) is -7.89. The molecule has 0 aromatic heterocycles. The molecule has 0 aliphatic carbocycles. The Labute approximate surface area is 113 Å². The number of alkyl halides is 7. The van der Waals surface area contributed by atoms with Gasteiger partial charge in [-0.15, -0.1) is 0 Å². The Kier molecular flexibility index (Phi) is 4.69. The zero-order valence-corrected chi connectivity index (χ0v) is 10.3. The van der Waals surface area contributed by atoms with Crippen molar-refractivity contribution in [2.24, 2.45) is 0 Å². The van der Waals surface area contributed by atoms with Gasteiger partial charge in [0.25, 0.3) is 0 Å². The van der Waals surface area contributed by atoms with Crippen LogP contribution in [0.2, 0.25) is 0 Å². The van der Waals surface area contributed by atoms with E-state index in [1.807, 2.05) is 0 Å². The van der Waals surface area contributed by atoms with Crippen LogP contribution in [0, 0.1) is 0 Å². The van der Waals surface area contributed by atoms with Gasteiger partial charge in [0, 0.05) is 0 Å². The molecular weight excluding hydrogens is 311 g/mol. The van der Waals surface area contributed by atoms with Crippen molar-refractivity contribution in [1.29, 1.82) is 0 Å². The third kappa shape index (κ3) is 3.76. The first kappa shape index (κ1) is 17.1. The van der Waals surface area contributed by atoms with E-state index in [1.54, 1.807) is 0 Å². The number of carbonyl (C=O) groups is 1. The van der Waals surface area contributed by atoms with Gasteiger partial charge < -0.3 is 10.1 Å². The van der Waals surface area contributed by atoms with Crippen molar-refractivity contribution in [2.45, 2.75) is 18.5 Å². The highest BCUT2D eigenvalue weighted by Gasteiger charge is 2.49. The number of hydrogen-bond donors (Lipinski definition) is 1. The molecule has 0 unspecified atom stereocenters. The Morgan fingerprint density at radius 2 is 1.76 bits per heavy atom. The van der Waals surface area contributed by atoms with Crippen molar-refractivity contribution in [2.75, 3.05) is 12.4 Å². The number of hydrogen-bond acceptors (Lipinski definition) is 2. The van der Waals surface area contributed by atoms with Gasteiger partial charge in [0.2, 0.25) is 0 Å². The van der Waals surface area contributed by atoms with Gasteiger partial charge >= 0.3 is 24.4 Å². The largest absolute Gasteiger partial charge is 0.497 e. The van der Waals surface area contributed by atoms with E-state index < -0.39 is 35.7 Å². The van der Waals surface area contributed by atoms with Crippen LogP contribution in [0.1, 0.15) is 5.56 Å². The average molecular weight is 319 g/mol. The third-order valence-corrected chi connectivity index (χ3v) is 2.36. The van der Waals surface area contributed by atoms with E-state index in [2.05, 4.69) is 4.74 Å². The minimum atomic E-state index is -5.11. The predicted octanol–water partition coefficient (Wildman–Crippen LogP) is 3.55. The molecule has 21 heavy (non-hydrogen) atoms. The minimum absolute atomic E-state index is 0.249. The van der Waals surface area contributed by atoms with Crippen LogP contribution in [0.25, 0.3) is 0 Å². The lowest BCUT2D eigenvalue weighted by Gasteiger charge is -2.18. The molecule has 0 spiro atoms. The quantitative estimate of drug-likeness (QED) is 0.862. The summed E-state index contributed by atoms with van der Waals surface area (Å²) in [5.41, 5.74) is -2.58. The SMILES string of the molecule is COc1ccc(NC(=O)C(F)(F)C(F)F)c(C(F)(F)F)c1. The lowest BCUT2D eigenvalue weighted by atomic mass is 10.1. The smallest absolute Gasteiger partial charge is 0.418 e. The Hall–Kier alpha value is -2.00. The van der Waals surface area contributed by atoms with Gasteiger partial charge in [-0.25, -0.2) is 8.78 Å². The summed E-state index contributed by atoms with van der Waals surface area (Å²) in [7, 11) is 1.07. The highest BCUT2D eigenvalue weighted by Crippen LogP contribution is 2.37. The molecule has 0 radical (unpaired) electrons. The van der Waals surface area contributed by atoms with Gasteiger partial charge in [-0.2, -0.15) is 22.0 Å². The lowest BCUT2D eigenvalue weighted by molar-refractivity contribution is -0.163. The fourth-order valence-electron chi connectivity index (χ4n) is 1.30. The van der Waals surface area contributed by atoms with E-state index in [9.17, 15) is 35.5 Å². The van der Waals surface area contributed by atoms with E-state index in [0.717, 1.165) is 18.5 Å². The van der Waals surface area contributed by atoms with Crippen molar-refractivity contribution in [1.82, 2.24) is 0 Å². The molecule has 10 heteroatoms. The monoisotopic (exact) mass is 319 g/mol.